The number of aromatic nitrogens is 1. The summed E-state index contributed by atoms with van der Waals surface area (Å²) in [5, 5.41) is 0.889. The monoisotopic (exact) mass is 403 g/mol. The number of hydrogen-bond acceptors (Lipinski definition) is 4. The Balaban J connectivity index is 1.55. The van der Waals surface area contributed by atoms with Crippen molar-refractivity contribution in [1.29, 1.82) is 0 Å². The van der Waals surface area contributed by atoms with Gasteiger partial charge in [0, 0.05) is 39.4 Å². The highest BCUT2D eigenvalue weighted by molar-refractivity contribution is 6.15. The van der Waals surface area contributed by atoms with E-state index >= 15 is 0 Å². The third-order valence-electron chi connectivity index (χ3n) is 5.62. The molecule has 2 aromatic heterocycles. The Kier molecular flexibility index (Phi) is 3.96. The van der Waals surface area contributed by atoms with Crippen LogP contribution in [0.2, 0.25) is 0 Å². The lowest BCUT2D eigenvalue weighted by molar-refractivity contribution is 0.101. The molecule has 1 aliphatic heterocycles. The van der Waals surface area contributed by atoms with Crippen LogP contribution in [0.25, 0.3) is 33.4 Å². The topological polar surface area (TPSA) is 52.3 Å². The van der Waals surface area contributed by atoms with Crippen LogP contribution in [0.3, 0.4) is 0 Å². The van der Waals surface area contributed by atoms with Crippen LogP contribution in [0.4, 0.5) is 0 Å². The molecule has 148 valence electrons. The predicted molar refractivity (Wildman–Crippen MR) is 119 cm³/mol. The lowest BCUT2D eigenvalue weighted by Crippen LogP contribution is -2.07. The fraction of sp³-hybridized carbons (Fsp3) is 0.0370. The van der Waals surface area contributed by atoms with Gasteiger partial charge >= 0.3 is 0 Å². The first-order valence-electron chi connectivity index (χ1n) is 10.1. The van der Waals surface area contributed by atoms with Crippen molar-refractivity contribution >= 4 is 16.8 Å². The second-order valence-corrected chi connectivity index (χ2v) is 7.51. The Morgan fingerprint density at radius 1 is 0.871 bits per heavy atom. The molecule has 1 aliphatic rings. The Hall–Kier alpha value is -4.18. The van der Waals surface area contributed by atoms with Crippen molar-refractivity contribution in [2.24, 2.45) is 0 Å². The summed E-state index contributed by atoms with van der Waals surface area (Å²) >= 11 is 0. The number of ether oxygens (including phenoxy) is 1. The lowest BCUT2D eigenvalue weighted by atomic mass is 9.95. The number of rotatable bonds is 3. The predicted octanol–water partition coefficient (Wildman–Crippen LogP) is 6.29. The fourth-order valence-electron chi connectivity index (χ4n) is 4.16. The highest BCUT2D eigenvalue weighted by Crippen LogP contribution is 2.40. The van der Waals surface area contributed by atoms with Gasteiger partial charge in [-0.3, -0.25) is 9.78 Å². The third-order valence-corrected chi connectivity index (χ3v) is 5.62. The van der Waals surface area contributed by atoms with Gasteiger partial charge in [0.1, 0.15) is 17.9 Å². The minimum absolute atomic E-state index is 0.147. The van der Waals surface area contributed by atoms with Crippen LogP contribution in [-0.4, -0.2) is 10.8 Å². The Bertz CT molecular complexity index is 1450. The maximum absolute atomic E-state index is 13.3. The molecule has 3 heterocycles. The third kappa shape index (κ3) is 2.84. The quantitative estimate of drug-likeness (QED) is 0.332. The first-order valence-corrected chi connectivity index (χ1v) is 10.1. The van der Waals surface area contributed by atoms with Crippen molar-refractivity contribution in [3.8, 4) is 28.1 Å². The Morgan fingerprint density at radius 3 is 2.55 bits per heavy atom. The average Bonchev–Trinajstić information content (AvgIpc) is 3.23. The summed E-state index contributed by atoms with van der Waals surface area (Å²) < 4.78 is 12.0. The van der Waals surface area contributed by atoms with E-state index in [9.17, 15) is 4.79 Å². The smallest absolute Gasteiger partial charge is 0.228 e. The summed E-state index contributed by atoms with van der Waals surface area (Å²) in [6.07, 6.45) is 1.82. The number of ketones is 1. The molecule has 4 heteroatoms. The SMILES string of the molecule is O=C(c1ccccc1)c1oc2ccccc2c1-c1cnc2c(c1)COc1ccccc1-2. The van der Waals surface area contributed by atoms with Gasteiger partial charge in [0.2, 0.25) is 5.78 Å². The minimum atomic E-state index is -0.147. The van der Waals surface area contributed by atoms with E-state index in [1.807, 2.05) is 72.9 Å². The molecule has 0 atom stereocenters. The van der Waals surface area contributed by atoms with Gasteiger partial charge in [-0.1, -0.05) is 60.7 Å². The van der Waals surface area contributed by atoms with Crippen LogP contribution in [-0.2, 0) is 6.61 Å². The molecular weight excluding hydrogens is 386 g/mol. The van der Waals surface area contributed by atoms with Crippen LogP contribution >= 0.6 is 0 Å². The van der Waals surface area contributed by atoms with E-state index in [4.69, 9.17) is 14.1 Å². The van der Waals surface area contributed by atoms with Crippen molar-refractivity contribution in [3.63, 3.8) is 0 Å². The highest BCUT2D eigenvalue weighted by Gasteiger charge is 2.25. The zero-order chi connectivity index (χ0) is 20.8. The normalized spacial score (nSPS) is 12.1. The fourth-order valence-corrected chi connectivity index (χ4v) is 4.16. The lowest BCUT2D eigenvalue weighted by Gasteiger charge is -2.20. The van der Waals surface area contributed by atoms with E-state index < -0.39 is 0 Å². The molecule has 0 bridgehead atoms. The van der Waals surface area contributed by atoms with E-state index in [1.165, 1.54) is 0 Å². The zero-order valence-electron chi connectivity index (χ0n) is 16.5. The summed E-state index contributed by atoms with van der Waals surface area (Å²) in [5.74, 6) is 1.02. The maximum atomic E-state index is 13.3. The van der Waals surface area contributed by atoms with Gasteiger partial charge in [0.05, 0.1) is 5.69 Å². The van der Waals surface area contributed by atoms with Gasteiger partial charge in [-0.15, -0.1) is 0 Å². The summed E-state index contributed by atoms with van der Waals surface area (Å²) in [6, 6.07) is 26.9. The molecule has 4 nitrogen and oxygen atoms in total. The molecule has 3 aromatic carbocycles. The van der Waals surface area contributed by atoms with Gasteiger partial charge in [0.15, 0.2) is 5.76 Å². The van der Waals surface area contributed by atoms with Crippen molar-refractivity contribution in [1.82, 2.24) is 4.98 Å². The largest absolute Gasteiger partial charge is 0.488 e. The molecule has 6 rings (SSSR count). The number of carbonyl (C=O) groups is 1. The first kappa shape index (κ1) is 17.7. The Labute approximate surface area is 178 Å². The molecule has 31 heavy (non-hydrogen) atoms. The molecule has 0 saturated carbocycles. The van der Waals surface area contributed by atoms with Crippen molar-refractivity contribution < 1.29 is 13.9 Å². The summed E-state index contributed by atoms with van der Waals surface area (Å²) in [5.41, 5.74) is 5.74. The Morgan fingerprint density at radius 2 is 1.65 bits per heavy atom. The van der Waals surface area contributed by atoms with Crippen LogP contribution in [0.15, 0.2) is 95.5 Å². The van der Waals surface area contributed by atoms with E-state index in [2.05, 4.69) is 6.07 Å². The molecule has 5 aromatic rings. The first-order chi connectivity index (χ1) is 15.3. The molecule has 0 radical (unpaired) electrons. The summed E-state index contributed by atoms with van der Waals surface area (Å²) in [4.78, 5) is 18.1. The summed E-state index contributed by atoms with van der Waals surface area (Å²) in [6.45, 7) is 0.435. The van der Waals surface area contributed by atoms with Gasteiger partial charge in [-0.2, -0.15) is 0 Å². The van der Waals surface area contributed by atoms with Gasteiger partial charge in [-0.05, 0) is 24.3 Å². The van der Waals surface area contributed by atoms with Gasteiger partial charge in [-0.25, -0.2) is 0 Å². The minimum Gasteiger partial charge on any atom is -0.488 e. The van der Waals surface area contributed by atoms with Crippen LogP contribution < -0.4 is 4.74 Å². The molecule has 0 aliphatic carbocycles. The summed E-state index contributed by atoms with van der Waals surface area (Å²) in [7, 11) is 0. The molecule has 0 N–H and O–H groups in total. The van der Waals surface area contributed by atoms with Crippen LogP contribution in [0, 0.1) is 0 Å². The van der Waals surface area contributed by atoms with Crippen molar-refractivity contribution in [2.75, 3.05) is 0 Å². The van der Waals surface area contributed by atoms with Gasteiger partial charge < -0.3 is 9.15 Å². The molecular formula is C27H17NO3. The standard InChI is InChI=1S/C27H17NO3/c29-26(17-8-2-1-3-9-17)27-24(20-10-4-7-13-23(20)31-27)18-14-19-16-30-22-12-6-5-11-21(22)25(19)28-15-18/h1-15H,16H2. The second-order valence-electron chi connectivity index (χ2n) is 7.51. The molecule has 0 saturated heterocycles. The van der Waals surface area contributed by atoms with E-state index in [1.54, 1.807) is 12.1 Å². The number of hydrogen-bond donors (Lipinski definition) is 0. The average molecular weight is 403 g/mol. The molecule has 0 unspecified atom stereocenters. The van der Waals surface area contributed by atoms with E-state index in [-0.39, 0.29) is 5.78 Å². The number of nitrogens with zero attached hydrogens (tertiary/aromatic N) is 1. The molecule has 0 amide bonds. The maximum Gasteiger partial charge on any atom is 0.228 e. The van der Waals surface area contributed by atoms with E-state index in [0.717, 1.165) is 39.1 Å². The van der Waals surface area contributed by atoms with Crippen LogP contribution in [0.5, 0.6) is 5.75 Å². The number of furan rings is 1. The van der Waals surface area contributed by atoms with Crippen molar-refractivity contribution in [2.45, 2.75) is 6.61 Å². The number of fused-ring (bicyclic) bond motifs is 4. The second kappa shape index (κ2) is 6.96. The van der Waals surface area contributed by atoms with Crippen LogP contribution in [0.1, 0.15) is 21.7 Å². The van der Waals surface area contributed by atoms with E-state index in [0.29, 0.717) is 23.5 Å². The molecule has 0 spiro atoms. The highest BCUT2D eigenvalue weighted by atomic mass is 16.5. The number of para-hydroxylation sites is 2. The van der Waals surface area contributed by atoms with Gasteiger partial charge in [0.25, 0.3) is 0 Å². The zero-order valence-corrected chi connectivity index (χ0v) is 16.5. The number of pyridine rings is 1. The van der Waals surface area contributed by atoms with Crippen molar-refractivity contribution in [3.05, 3.63) is 108 Å². The molecule has 0 fully saturated rings. The number of carbonyl (C=O) groups excluding carboxylic acids is 1. The number of benzene rings is 3.